The number of halogens is 2. The third-order valence-electron chi connectivity index (χ3n) is 3.25. The molecule has 0 aliphatic heterocycles. The van der Waals surface area contributed by atoms with Crippen LogP contribution in [0.15, 0.2) is 51.3 Å². The molecule has 1 amide bonds. The molecule has 9 heteroatoms. The summed E-state index contributed by atoms with van der Waals surface area (Å²) in [4.78, 5) is 12.3. The third kappa shape index (κ3) is 4.83. The molecule has 0 radical (unpaired) electrons. The van der Waals surface area contributed by atoms with E-state index in [1.54, 1.807) is 30.3 Å². The predicted octanol–water partition coefficient (Wildman–Crippen LogP) is 5.37. The lowest BCUT2D eigenvalue weighted by Crippen LogP contribution is -2.12. The Hall–Kier alpha value is -1.92. The van der Waals surface area contributed by atoms with Crippen LogP contribution in [-0.4, -0.2) is 16.1 Å². The van der Waals surface area contributed by atoms with Crippen LogP contribution < -0.4 is 5.32 Å². The van der Waals surface area contributed by atoms with E-state index in [2.05, 4.69) is 37.5 Å². The Kier molecular flexibility index (Phi) is 6.27. The van der Waals surface area contributed by atoms with Gasteiger partial charge in [-0.3, -0.25) is 10.1 Å². The van der Waals surface area contributed by atoms with Crippen molar-refractivity contribution in [3.8, 4) is 6.07 Å². The Morgan fingerprint density at radius 1 is 1.27 bits per heavy atom. The summed E-state index contributed by atoms with van der Waals surface area (Å²) < 4.78 is 1.51. The van der Waals surface area contributed by atoms with Crippen molar-refractivity contribution in [2.24, 2.45) is 0 Å². The Morgan fingerprint density at radius 2 is 2.04 bits per heavy atom. The highest BCUT2D eigenvalue weighted by molar-refractivity contribution is 9.10. The second-order valence-electron chi connectivity index (χ2n) is 5.05. The van der Waals surface area contributed by atoms with E-state index < -0.39 is 0 Å². The average Bonchev–Trinajstić information content (AvgIpc) is 3.09. The summed E-state index contributed by atoms with van der Waals surface area (Å²) >= 11 is 12.2. The smallest absolute Gasteiger partial charge is 0.259 e. The lowest BCUT2D eigenvalue weighted by molar-refractivity contribution is 0.102. The second kappa shape index (κ2) is 8.64. The number of carbonyl (C=O) groups excluding carboxylic acids is 1. The monoisotopic (exact) mass is 464 g/mol. The van der Waals surface area contributed by atoms with Crippen LogP contribution >= 0.6 is 50.6 Å². The highest BCUT2D eigenvalue weighted by Crippen LogP contribution is 2.29. The molecule has 5 nitrogen and oxygen atoms in total. The first-order valence-corrected chi connectivity index (χ1v) is 10.2. The fourth-order valence-corrected chi connectivity index (χ4v) is 4.24. The first-order chi connectivity index (χ1) is 12.5. The van der Waals surface area contributed by atoms with Crippen LogP contribution in [0.4, 0.5) is 5.13 Å². The van der Waals surface area contributed by atoms with Gasteiger partial charge in [0.2, 0.25) is 5.13 Å². The van der Waals surface area contributed by atoms with Gasteiger partial charge in [0.05, 0.1) is 22.2 Å². The van der Waals surface area contributed by atoms with Gasteiger partial charge >= 0.3 is 0 Å². The zero-order valence-electron chi connectivity index (χ0n) is 13.1. The summed E-state index contributed by atoms with van der Waals surface area (Å²) in [6, 6.07) is 14.5. The summed E-state index contributed by atoms with van der Waals surface area (Å²) in [7, 11) is 0. The van der Waals surface area contributed by atoms with Crippen LogP contribution in [0, 0.1) is 11.3 Å². The van der Waals surface area contributed by atoms with Crippen molar-refractivity contribution in [1.82, 2.24) is 10.2 Å². The molecule has 0 fully saturated rings. The Labute approximate surface area is 171 Å². The molecule has 2 aromatic carbocycles. The van der Waals surface area contributed by atoms with E-state index in [4.69, 9.17) is 16.9 Å². The number of aromatic nitrogens is 2. The summed E-state index contributed by atoms with van der Waals surface area (Å²) in [6.45, 7) is 0. The van der Waals surface area contributed by atoms with Gasteiger partial charge < -0.3 is 0 Å². The van der Waals surface area contributed by atoms with Gasteiger partial charge in [-0.05, 0) is 35.9 Å². The molecular weight excluding hydrogens is 456 g/mol. The fraction of sp³-hybridized carbons (Fsp3) is 0.0588. The van der Waals surface area contributed by atoms with Gasteiger partial charge in [0.25, 0.3) is 5.91 Å². The lowest BCUT2D eigenvalue weighted by atomic mass is 10.2. The van der Waals surface area contributed by atoms with Crippen molar-refractivity contribution in [2.75, 3.05) is 5.32 Å². The zero-order valence-corrected chi connectivity index (χ0v) is 17.0. The highest BCUT2D eigenvalue weighted by Gasteiger charge is 2.14. The standard InChI is InChI=1S/C17H10BrClN4OS2/c18-12-5-6-14(19)13(7-12)15(24)21-16-22-23-17(26-16)25-9-11-3-1-10(8-20)2-4-11/h1-7H,9H2,(H,21,22,24). The molecule has 1 N–H and O–H groups in total. The third-order valence-corrected chi connectivity index (χ3v) is 6.11. The van der Waals surface area contributed by atoms with Crippen molar-refractivity contribution in [3.05, 3.63) is 68.7 Å². The van der Waals surface area contributed by atoms with Gasteiger partial charge in [0, 0.05) is 10.2 Å². The number of rotatable bonds is 5. The average molecular weight is 466 g/mol. The zero-order chi connectivity index (χ0) is 18.5. The number of hydrogen-bond donors (Lipinski definition) is 1. The Balaban J connectivity index is 1.61. The van der Waals surface area contributed by atoms with Gasteiger partial charge in [-0.2, -0.15) is 5.26 Å². The number of nitrogens with zero attached hydrogens (tertiary/aromatic N) is 3. The minimum absolute atomic E-state index is 0.337. The molecule has 3 rings (SSSR count). The number of nitriles is 1. The Morgan fingerprint density at radius 3 is 2.77 bits per heavy atom. The first-order valence-electron chi connectivity index (χ1n) is 7.27. The van der Waals surface area contributed by atoms with Gasteiger partial charge in [0.15, 0.2) is 4.34 Å². The van der Waals surface area contributed by atoms with Crippen molar-refractivity contribution < 1.29 is 4.79 Å². The number of nitrogens with one attached hydrogen (secondary N) is 1. The Bertz CT molecular complexity index is 985. The molecule has 0 saturated heterocycles. The summed E-state index contributed by atoms with van der Waals surface area (Å²) in [5.41, 5.74) is 2.07. The van der Waals surface area contributed by atoms with E-state index in [9.17, 15) is 4.79 Å². The van der Waals surface area contributed by atoms with E-state index in [0.29, 0.717) is 27.0 Å². The maximum absolute atomic E-state index is 12.3. The SMILES string of the molecule is N#Cc1ccc(CSc2nnc(NC(=O)c3cc(Br)ccc3Cl)s2)cc1. The molecule has 1 heterocycles. The number of carbonyl (C=O) groups is 1. The normalized spacial score (nSPS) is 10.3. The molecule has 0 aliphatic carbocycles. The van der Waals surface area contributed by atoms with Gasteiger partial charge in [0.1, 0.15) is 0 Å². The van der Waals surface area contributed by atoms with Crippen LogP contribution in [0.3, 0.4) is 0 Å². The number of thioether (sulfide) groups is 1. The van der Waals surface area contributed by atoms with Crippen LogP contribution in [0.5, 0.6) is 0 Å². The van der Waals surface area contributed by atoms with Crippen molar-refractivity contribution in [2.45, 2.75) is 10.1 Å². The molecule has 0 unspecified atom stereocenters. The molecule has 0 saturated carbocycles. The topological polar surface area (TPSA) is 78.7 Å². The van der Waals surface area contributed by atoms with Crippen molar-refractivity contribution >= 4 is 61.7 Å². The van der Waals surface area contributed by atoms with E-state index in [-0.39, 0.29) is 5.91 Å². The fourth-order valence-electron chi connectivity index (χ4n) is 1.98. The lowest BCUT2D eigenvalue weighted by Gasteiger charge is -2.04. The van der Waals surface area contributed by atoms with Crippen LogP contribution in [0.25, 0.3) is 0 Å². The van der Waals surface area contributed by atoms with E-state index in [1.807, 2.05) is 12.1 Å². The molecular formula is C17H10BrClN4OS2. The number of anilines is 1. The molecule has 1 aromatic heterocycles. The van der Waals surface area contributed by atoms with E-state index in [0.717, 1.165) is 14.4 Å². The maximum Gasteiger partial charge on any atom is 0.259 e. The van der Waals surface area contributed by atoms with Gasteiger partial charge in [-0.15, -0.1) is 10.2 Å². The largest absolute Gasteiger partial charge is 0.296 e. The van der Waals surface area contributed by atoms with E-state index >= 15 is 0 Å². The molecule has 0 spiro atoms. The van der Waals surface area contributed by atoms with Crippen molar-refractivity contribution in [1.29, 1.82) is 5.26 Å². The molecule has 3 aromatic rings. The second-order valence-corrected chi connectivity index (χ2v) is 8.57. The molecule has 130 valence electrons. The number of hydrogen-bond acceptors (Lipinski definition) is 6. The molecule has 26 heavy (non-hydrogen) atoms. The quantitative estimate of drug-likeness (QED) is 0.405. The summed E-state index contributed by atoms with van der Waals surface area (Å²) in [6.07, 6.45) is 0. The maximum atomic E-state index is 12.3. The van der Waals surface area contributed by atoms with Crippen molar-refractivity contribution in [3.63, 3.8) is 0 Å². The highest BCUT2D eigenvalue weighted by atomic mass is 79.9. The van der Waals surface area contributed by atoms with Gasteiger partial charge in [-0.1, -0.05) is 62.8 Å². The summed E-state index contributed by atoms with van der Waals surface area (Å²) in [5, 5.41) is 20.4. The van der Waals surface area contributed by atoms with E-state index in [1.165, 1.54) is 23.1 Å². The predicted molar refractivity (Wildman–Crippen MR) is 108 cm³/mol. The molecule has 0 atom stereocenters. The minimum atomic E-state index is -0.337. The molecule has 0 aliphatic rings. The first kappa shape index (κ1) is 18.9. The van der Waals surface area contributed by atoms with Gasteiger partial charge in [-0.25, -0.2) is 0 Å². The number of benzene rings is 2. The summed E-state index contributed by atoms with van der Waals surface area (Å²) in [5.74, 6) is 0.363. The van der Waals surface area contributed by atoms with Crippen LogP contribution in [0.1, 0.15) is 21.5 Å². The van der Waals surface area contributed by atoms with Crippen LogP contribution in [0.2, 0.25) is 5.02 Å². The number of amides is 1. The minimum Gasteiger partial charge on any atom is -0.296 e. The van der Waals surface area contributed by atoms with Crippen LogP contribution in [-0.2, 0) is 5.75 Å². The molecule has 0 bridgehead atoms.